The van der Waals surface area contributed by atoms with Crippen molar-refractivity contribution in [2.45, 2.75) is 45.1 Å². The molecule has 1 N–H and O–H groups in total. The molecular weight excluding hydrogens is 280 g/mol. The first-order valence-corrected chi connectivity index (χ1v) is 8.10. The van der Waals surface area contributed by atoms with Crippen molar-refractivity contribution in [1.82, 2.24) is 4.90 Å². The summed E-state index contributed by atoms with van der Waals surface area (Å²) in [4.78, 5) is 14.4. The summed E-state index contributed by atoms with van der Waals surface area (Å²) in [6.07, 6.45) is 3.19. The minimum Gasteiger partial charge on any atom is -0.353 e. The van der Waals surface area contributed by atoms with Gasteiger partial charge in [-0.1, -0.05) is 18.2 Å². The van der Waals surface area contributed by atoms with Crippen molar-refractivity contribution in [3.05, 3.63) is 29.8 Å². The average molecular weight is 304 g/mol. The fourth-order valence-electron chi connectivity index (χ4n) is 2.96. The summed E-state index contributed by atoms with van der Waals surface area (Å²) in [5.74, 6) is 0.0406. The first-order chi connectivity index (χ1) is 10.7. The number of fused-ring (bicyclic) bond motifs is 1. The molecule has 0 bridgehead atoms. The van der Waals surface area contributed by atoms with Crippen molar-refractivity contribution in [2.75, 3.05) is 25.1 Å². The molecule has 2 aliphatic heterocycles. The topological polar surface area (TPSA) is 50.8 Å². The zero-order valence-corrected chi connectivity index (χ0v) is 13.1. The smallest absolute Gasteiger partial charge is 0.241 e. The fraction of sp³-hybridized carbons (Fsp3) is 0.588. The molecule has 2 unspecified atom stereocenters. The fourth-order valence-corrected chi connectivity index (χ4v) is 2.96. The molecule has 1 aromatic carbocycles. The number of benzene rings is 1. The molecule has 2 aliphatic rings. The van der Waals surface area contributed by atoms with Crippen LogP contribution in [-0.4, -0.2) is 42.9 Å². The molecule has 120 valence electrons. The number of anilines is 1. The maximum atomic E-state index is 12.2. The van der Waals surface area contributed by atoms with Crippen LogP contribution >= 0.6 is 0 Å². The number of rotatable bonds is 4. The molecule has 5 heteroatoms. The zero-order valence-electron chi connectivity index (χ0n) is 13.1. The number of amides is 1. The maximum absolute atomic E-state index is 12.2. The third-order valence-corrected chi connectivity index (χ3v) is 4.40. The van der Waals surface area contributed by atoms with Crippen molar-refractivity contribution >= 4 is 11.6 Å². The molecule has 3 rings (SSSR count). The van der Waals surface area contributed by atoms with E-state index in [-0.39, 0.29) is 18.2 Å². The van der Waals surface area contributed by atoms with Crippen LogP contribution < -0.4 is 5.32 Å². The van der Waals surface area contributed by atoms with Crippen LogP contribution in [0, 0.1) is 0 Å². The Hall–Kier alpha value is -1.43. The van der Waals surface area contributed by atoms with E-state index in [0.717, 1.165) is 43.8 Å². The molecule has 0 spiro atoms. The highest BCUT2D eigenvalue weighted by atomic mass is 16.7. The van der Waals surface area contributed by atoms with Gasteiger partial charge in [-0.15, -0.1) is 0 Å². The molecule has 1 amide bonds. The van der Waals surface area contributed by atoms with Gasteiger partial charge in [0.25, 0.3) is 0 Å². The summed E-state index contributed by atoms with van der Waals surface area (Å²) in [5.41, 5.74) is 2.06. The molecule has 2 atom stereocenters. The molecule has 0 saturated carbocycles. The van der Waals surface area contributed by atoms with Crippen molar-refractivity contribution in [3.8, 4) is 0 Å². The monoisotopic (exact) mass is 304 g/mol. The summed E-state index contributed by atoms with van der Waals surface area (Å²) in [6.45, 7) is 4.80. The quantitative estimate of drug-likeness (QED) is 0.928. The van der Waals surface area contributed by atoms with Crippen LogP contribution in [0.1, 0.15) is 31.7 Å². The van der Waals surface area contributed by atoms with E-state index in [1.54, 1.807) is 0 Å². The summed E-state index contributed by atoms with van der Waals surface area (Å²) in [7, 11) is 0. The number of carbonyl (C=O) groups is 1. The van der Waals surface area contributed by atoms with Crippen LogP contribution in [0.15, 0.2) is 24.3 Å². The summed E-state index contributed by atoms with van der Waals surface area (Å²) in [5, 5.41) is 3.00. The number of carbonyl (C=O) groups excluding carboxylic acids is 1. The molecule has 1 fully saturated rings. The standard InChI is InChI=1S/C17H24N2O3/c1-13-17(20)18-15-7-3-2-6-14(15)12-19(13)9-11-22-16-8-4-5-10-21-16/h2-3,6-7,13,16H,4-5,8-12H2,1H3,(H,18,20). The van der Waals surface area contributed by atoms with Gasteiger partial charge in [0.1, 0.15) is 0 Å². The molecule has 5 nitrogen and oxygen atoms in total. The largest absolute Gasteiger partial charge is 0.353 e. The van der Waals surface area contributed by atoms with Crippen molar-refractivity contribution < 1.29 is 14.3 Å². The Morgan fingerprint density at radius 2 is 2.23 bits per heavy atom. The molecule has 1 saturated heterocycles. The van der Waals surface area contributed by atoms with Crippen LogP contribution in [0.3, 0.4) is 0 Å². The highest BCUT2D eigenvalue weighted by molar-refractivity contribution is 5.95. The first-order valence-electron chi connectivity index (χ1n) is 8.10. The van der Waals surface area contributed by atoms with Crippen LogP contribution in [0.25, 0.3) is 0 Å². The Bertz CT molecular complexity index is 514. The average Bonchev–Trinajstić information content (AvgIpc) is 2.66. The van der Waals surface area contributed by atoms with Crippen LogP contribution in [0.2, 0.25) is 0 Å². The molecule has 0 aromatic heterocycles. The van der Waals surface area contributed by atoms with Crippen LogP contribution in [0.4, 0.5) is 5.69 Å². The van der Waals surface area contributed by atoms with Gasteiger partial charge in [-0.2, -0.15) is 0 Å². The third kappa shape index (κ3) is 3.66. The number of nitrogens with one attached hydrogen (secondary N) is 1. The lowest BCUT2D eigenvalue weighted by Crippen LogP contribution is -2.41. The minimum absolute atomic E-state index is 0.0406. The van der Waals surface area contributed by atoms with Gasteiger partial charge in [-0.25, -0.2) is 0 Å². The Morgan fingerprint density at radius 1 is 1.36 bits per heavy atom. The van der Waals surface area contributed by atoms with Crippen LogP contribution in [0.5, 0.6) is 0 Å². The summed E-state index contributed by atoms with van der Waals surface area (Å²) >= 11 is 0. The lowest BCUT2D eigenvalue weighted by atomic mass is 10.1. The van der Waals surface area contributed by atoms with E-state index in [2.05, 4.69) is 16.3 Å². The molecule has 1 aromatic rings. The van der Waals surface area contributed by atoms with E-state index in [1.807, 2.05) is 25.1 Å². The first kappa shape index (κ1) is 15.5. The Kier molecular flexibility index (Phi) is 5.08. The lowest BCUT2D eigenvalue weighted by molar-refractivity contribution is -0.165. The van der Waals surface area contributed by atoms with E-state index in [9.17, 15) is 4.79 Å². The lowest BCUT2D eigenvalue weighted by Gasteiger charge is -2.27. The summed E-state index contributed by atoms with van der Waals surface area (Å²) < 4.78 is 11.4. The predicted molar refractivity (Wildman–Crippen MR) is 84.5 cm³/mol. The molecule has 0 radical (unpaired) electrons. The van der Waals surface area contributed by atoms with Gasteiger partial charge in [0, 0.05) is 25.4 Å². The van der Waals surface area contributed by atoms with E-state index in [4.69, 9.17) is 9.47 Å². The number of hydrogen-bond acceptors (Lipinski definition) is 4. The SMILES string of the molecule is CC1C(=O)Nc2ccccc2CN1CCOC1CCCCO1. The molecule has 22 heavy (non-hydrogen) atoms. The van der Waals surface area contributed by atoms with E-state index < -0.39 is 0 Å². The molecular formula is C17H24N2O3. The second-order valence-corrected chi connectivity index (χ2v) is 5.96. The van der Waals surface area contributed by atoms with Gasteiger partial charge in [-0.05, 0) is 37.8 Å². The maximum Gasteiger partial charge on any atom is 0.241 e. The van der Waals surface area contributed by atoms with Gasteiger partial charge >= 0.3 is 0 Å². The van der Waals surface area contributed by atoms with Gasteiger partial charge < -0.3 is 14.8 Å². The van der Waals surface area contributed by atoms with Gasteiger partial charge in [0.2, 0.25) is 5.91 Å². The predicted octanol–water partition coefficient (Wildman–Crippen LogP) is 2.37. The number of para-hydroxylation sites is 1. The van der Waals surface area contributed by atoms with Crippen molar-refractivity contribution in [2.24, 2.45) is 0 Å². The van der Waals surface area contributed by atoms with E-state index in [0.29, 0.717) is 6.61 Å². The normalized spacial score (nSPS) is 26.1. The van der Waals surface area contributed by atoms with Crippen molar-refractivity contribution in [1.29, 1.82) is 0 Å². The van der Waals surface area contributed by atoms with Gasteiger partial charge in [-0.3, -0.25) is 9.69 Å². The number of nitrogens with zero attached hydrogens (tertiary/aromatic N) is 1. The Morgan fingerprint density at radius 3 is 3.05 bits per heavy atom. The van der Waals surface area contributed by atoms with Crippen molar-refractivity contribution in [3.63, 3.8) is 0 Å². The van der Waals surface area contributed by atoms with Gasteiger partial charge in [0.15, 0.2) is 6.29 Å². The summed E-state index contributed by atoms with van der Waals surface area (Å²) in [6, 6.07) is 7.80. The minimum atomic E-state index is -0.164. The Balaban J connectivity index is 1.58. The molecule has 2 heterocycles. The molecule has 0 aliphatic carbocycles. The third-order valence-electron chi connectivity index (χ3n) is 4.40. The van der Waals surface area contributed by atoms with Crippen LogP contribution in [-0.2, 0) is 20.8 Å². The van der Waals surface area contributed by atoms with E-state index >= 15 is 0 Å². The highest BCUT2D eigenvalue weighted by Crippen LogP contribution is 2.22. The second-order valence-electron chi connectivity index (χ2n) is 5.96. The number of hydrogen-bond donors (Lipinski definition) is 1. The Labute approximate surface area is 131 Å². The zero-order chi connectivity index (χ0) is 15.4. The second kappa shape index (κ2) is 7.22. The number of ether oxygens (including phenoxy) is 2. The highest BCUT2D eigenvalue weighted by Gasteiger charge is 2.26. The van der Waals surface area contributed by atoms with E-state index in [1.165, 1.54) is 6.42 Å². The van der Waals surface area contributed by atoms with Gasteiger partial charge in [0.05, 0.1) is 12.6 Å².